The van der Waals surface area contributed by atoms with E-state index in [0.29, 0.717) is 11.1 Å². The van der Waals surface area contributed by atoms with E-state index in [0.717, 1.165) is 14.0 Å². The van der Waals surface area contributed by atoms with Gasteiger partial charge in [0.2, 0.25) is 0 Å². The summed E-state index contributed by atoms with van der Waals surface area (Å²) < 4.78 is 35.2. The summed E-state index contributed by atoms with van der Waals surface area (Å²) in [5, 5.41) is 51.7. The lowest BCUT2D eigenvalue weighted by Gasteiger charge is -2.67. The molecule has 7 rings (SSSR count). The van der Waals surface area contributed by atoms with Crippen LogP contribution in [0.15, 0.2) is 102 Å². The number of fused-ring (bicyclic) bond motifs is 5. The van der Waals surface area contributed by atoms with E-state index in [2.05, 4.69) is 5.32 Å². The second-order valence-corrected chi connectivity index (χ2v) is 17.5. The second kappa shape index (κ2) is 17.2. The van der Waals surface area contributed by atoms with E-state index in [1.807, 2.05) is 0 Å². The number of hydrogen-bond donors (Lipinski definition) is 5. The molecule has 2 saturated carbocycles. The van der Waals surface area contributed by atoms with Gasteiger partial charge in [-0.1, -0.05) is 92.7 Å². The minimum absolute atomic E-state index is 0.0106. The fourth-order valence-corrected chi connectivity index (χ4v) is 10.2. The number of carbonyl (C=O) groups is 5. The van der Waals surface area contributed by atoms with Gasteiger partial charge in [-0.05, 0) is 48.3 Å². The van der Waals surface area contributed by atoms with Crippen molar-refractivity contribution in [1.82, 2.24) is 5.32 Å². The third-order valence-corrected chi connectivity index (χ3v) is 13.7. The molecule has 2 bridgehead atoms. The van der Waals surface area contributed by atoms with Gasteiger partial charge in [-0.2, -0.15) is 0 Å². The van der Waals surface area contributed by atoms with Crippen LogP contribution in [0.4, 0.5) is 4.79 Å². The Labute approximate surface area is 364 Å². The molecular weight excluding hydrogens is 819 g/mol. The van der Waals surface area contributed by atoms with E-state index in [1.165, 1.54) is 26.0 Å². The molecule has 1 aliphatic heterocycles. The van der Waals surface area contributed by atoms with Gasteiger partial charge in [0.25, 0.3) is 0 Å². The van der Waals surface area contributed by atoms with Crippen LogP contribution >= 0.6 is 0 Å². The first-order valence-corrected chi connectivity index (χ1v) is 20.7. The molecule has 1 saturated heterocycles. The van der Waals surface area contributed by atoms with Gasteiger partial charge < -0.3 is 48.8 Å². The van der Waals surface area contributed by atoms with Crippen LogP contribution in [0.3, 0.4) is 0 Å². The predicted molar refractivity (Wildman–Crippen MR) is 220 cm³/mol. The lowest BCUT2D eigenvalue weighted by Crippen LogP contribution is -2.82. The Morgan fingerprint density at radius 3 is 2.00 bits per heavy atom. The van der Waals surface area contributed by atoms with Crippen molar-refractivity contribution >= 4 is 29.8 Å². The highest BCUT2D eigenvalue weighted by Gasteiger charge is 2.78. The van der Waals surface area contributed by atoms with Crippen LogP contribution in [0.1, 0.15) is 81.2 Å². The average molecular weight is 872 g/mol. The van der Waals surface area contributed by atoms with Gasteiger partial charge in [0.05, 0.1) is 42.8 Å². The third kappa shape index (κ3) is 7.72. The maximum Gasteiger partial charge on any atom is 0.508 e. The number of aliphatic hydroxyl groups is 4. The SMILES string of the molecule is COC(=O)O[C@]12CO[C@H]1C[C@@H](O)[C@]1(C)C(=O)[C@@H](OC(C)=O)C3=C(C)[C@H](OC(=O)[C@@H](O)[C@H](NC(O)c4ccccc4)c4ccccc4)C[C@](O)([C@H](OC(=O)c4ccccc4)C21)C3(C)C. The Morgan fingerprint density at radius 1 is 0.857 bits per heavy atom. The van der Waals surface area contributed by atoms with Gasteiger partial charge in [0.1, 0.15) is 30.1 Å². The summed E-state index contributed by atoms with van der Waals surface area (Å²) in [7, 11) is 1.07. The van der Waals surface area contributed by atoms with Gasteiger partial charge in [0, 0.05) is 25.2 Å². The summed E-state index contributed by atoms with van der Waals surface area (Å²) in [5.74, 6) is -5.56. The number of esters is 3. The number of hydrogen-bond acceptors (Lipinski definition) is 16. The van der Waals surface area contributed by atoms with Crippen LogP contribution in [0.2, 0.25) is 0 Å². The van der Waals surface area contributed by atoms with Crippen LogP contribution in [0.5, 0.6) is 0 Å². The van der Waals surface area contributed by atoms with Crippen molar-refractivity contribution in [2.45, 2.75) is 108 Å². The molecule has 0 amide bonds. The molecule has 16 heteroatoms. The van der Waals surface area contributed by atoms with E-state index < -0.39 is 113 Å². The first kappa shape index (κ1) is 45.5. The van der Waals surface area contributed by atoms with Gasteiger partial charge >= 0.3 is 24.1 Å². The molecule has 1 heterocycles. The van der Waals surface area contributed by atoms with Crippen LogP contribution in [-0.4, -0.2) is 112 Å². The molecule has 3 aliphatic carbocycles. The molecule has 63 heavy (non-hydrogen) atoms. The minimum Gasteiger partial charge on any atom is -0.456 e. The lowest BCUT2D eigenvalue weighted by atomic mass is 9.44. The quantitative estimate of drug-likeness (QED) is 0.0798. The lowest BCUT2D eigenvalue weighted by molar-refractivity contribution is -0.344. The van der Waals surface area contributed by atoms with Gasteiger partial charge in [0.15, 0.2) is 23.6 Å². The summed E-state index contributed by atoms with van der Waals surface area (Å²) in [4.78, 5) is 70.3. The Balaban J connectivity index is 1.39. The molecule has 3 aromatic carbocycles. The van der Waals surface area contributed by atoms with Crippen molar-refractivity contribution in [1.29, 1.82) is 0 Å². The number of carbonyl (C=O) groups excluding carboxylic acids is 5. The first-order chi connectivity index (χ1) is 29.8. The number of Topliss-reactive ketones (excluding diaryl/α,β-unsaturated/α-hetero) is 1. The molecule has 0 spiro atoms. The first-order valence-electron chi connectivity index (χ1n) is 20.7. The molecule has 16 nitrogen and oxygen atoms in total. The number of benzene rings is 3. The van der Waals surface area contributed by atoms with Crippen LogP contribution in [-0.2, 0) is 42.8 Å². The summed E-state index contributed by atoms with van der Waals surface area (Å²) in [5.41, 5.74) is -7.02. The zero-order valence-electron chi connectivity index (χ0n) is 35.8. The Kier molecular flexibility index (Phi) is 12.5. The van der Waals surface area contributed by atoms with E-state index in [-0.39, 0.29) is 29.7 Å². The number of ketones is 1. The predicted octanol–water partition coefficient (Wildman–Crippen LogP) is 3.81. The molecule has 336 valence electrons. The highest BCUT2D eigenvalue weighted by atomic mass is 16.8. The van der Waals surface area contributed by atoms with E-state index in [9.17, 15) is 39.6 Å². The topological polar surface area (TPSA) is 234 Å². The normalized spacial score (nSPS) is 32.1. The third-order valence-electron chi connectivity index (χ3n) is 13.7. The van der Waals surface area contributed by atoms with E-state index in [1.54, 1.807) is 92.7 Å². The molecular formula is C47H53NO15. The van der Waals surface area contributed by atoms with E-state index in [4.69, 9.17) is 28.4 Å². The van der Waals surface area contributed by atoms with Crippen molar-refractivity contribution in [3.63, 3.8) is 0 Å². The maximum atomic E-state index is 15.5. The molecule has 5 N–H and O–H groups in total. The number of aliphatic hydroxyl groups excluding tert-OH is 3. The van der Waals surface area contributed by atoms with Gasteiger partial charge in [-0.25, -0.2) is 14.4 Å². The van der Waals surface area contributed by atoms with Crippen LogP contribution in [0.25, 0.3) is 0 Å². The molecule has 3 fully saturated rings. The monoisotopic (exact) mass is 871 g/mol. The fraction of sp³-hybridized carbons (Fsp3) is 0.468. The number of rotatable bonds is 11. The molecule has 4 aliphatic rings. The zero-order valence-corrected chi connectivity index (χ0v) is 35.8. The second-order valence-electron chi connectivity index (χ2n) is 17.5. The standard InChI is InChI=1S/C47H53NO15/c1-25-30(61-42(55)35(51)34(27-16-10-7-11-17-27)48-40(53)28-18-12-8-13-19-28)23-47(57)39(62-41(54)29-20-14-9-15-21-29)37-45(5,38(52)36(60-26(2)49)33(25)44(47,3)4)31(50)22-32-46(37,24-59-32)63-43(56)58-6/h7-21,30-32,34-37,39-40,48,50-51,53,57H,22-24H2,1-6H3/t30-,31-,32+,34-,35+,36+,37?,39-,40?,45+,46-,47+/m1/s1. The van der Waals surface area contributed by atoms with Crippen molar-refractivity contribution in [2.75, 3.05) is 13.7 Å². The summed E-state index contributed by atoms with van der Waals surface area (Å²) in [6.45, 7) is 6.71. The fourth-order valence-electron chi connectivity index (χ4n) is 10.2. The Morgan fingerprint density at radius 2 is 1.44 bits per heavy atom. The molecule has 2 unspecified atom stereocenters. The Bertz CT molecular complexity index is 2250. The van der Waals surface area contributed by atoms with Crippen LogP contribution in [0, 0.1) is 16.7 Å². The summed E-state index contributed by atoms with van der Waals surface area (Å²) in [6.07, 6.45) is -13.2. The van der Waals surface area contributed by atoms with Crippen molar-refractivity contribution in [3.8, 4) is 0 Å². The number of ether oxygens (including phenoxy) is 6. The zero-order chi connectivity index (χ0) is 45.6. The van der Waals surface area contributed by atoms with Gasteiger partial charge in [-0.15, -0.1) is 0 Å². The minimum atomic E-state index is -2.42. The largest absolute Gasteiger partial charge is 0.508 e. The molecule has 0 radical (unpaired) electrons. The molecule has 3 aromatic rings. The van der Waals surface area contributed by atoms with Crippen LogP contribution < -0.4 is 5.32 Å². The van der Waals surface area contributed by atoms with Gasteiger partial charge in [-0.3, -0.25) is 14.9 Å². The molecule has 12 atom stereocenters. The van der Waals surface area contributed by atoms with E-state index >= 15 is 4.79 Å². The Hall–Kier alpha value is -5.49. The van der Waals surface area contributed by atoms with Crippen molar-refractivity contribution in [2.24, 2.45) is 16.7 Å². The molecule has 0 aromatic heterocycles. The van der Waals surface area contributed by atoms with Crippen molar-refractivity contribution in [3.05, 3.63) is 119 Å². The summed E-state index contributed by atoms with van der Waals surface area (Å²) in [6, 6.07) is 23.5. The average Bonchev–Trinajstić information content (AvgIpc) is 3.26. The number of nitrogens with one attached hydrogen (secondary N) is 1. The van der Waals surface area contributed by atoms with Crippen molar-refractivity contribution < 1.29 is 72.8 Å². The smallest absolute Gasteiger partial charge is 0.456 e. The highest BCUT2D eigenvalue weighted by molar-refractivity contribution is 5.95. The number of methoxy groups -OCH3 is 1. The maximum absolute atomic E-state index is 15.5. The summed E-state index contributed by atoms with van der Waals surface area (Å²) >= 11 is 0. The highest BCUT2D eigenvalue weighted by Crippen LogP contribution is 2.64.